The molecule has 0 saturated heterocycles. The molecule has 2 rings (SSSR count). The second-order valence-electron chi connectivity index (χ2n) is 3.68. The summed E-state index contributed by atoms with van der Waals surface area (Å²) in [7, 11) is 1.67. The average molecular weight is 326 g/mol. The zero-order valence-electron chi connectivity index (χ0n) is 9.60. The van der Waals surface area contributed by atoms with Crippen LogP contribution < -0.4 is 4.90 Å². The van der Waals surface area contributed by atoms with E-state index in [9.17, 15) is 4.79 Å². The molecule has 0 aliphatic heterocycles. The number of hydrogen-bond donors (Lipinski definition) is 0. The number of hydrogen-bond acceptors (Lipinski definition) is 2. The van der Waals surface area contributed by atoms with Gasteiger partial charge in [-0.25, -0.2) is 4.98 Å². The van der Waals surface area contributed by atoms with Gasteiger partial charge < -0.3 is 0 Å². The lowest BCUT2D eigenvalue weighted by Gasteiger charge is -2.16. The number of benzene rings is 1. The molecule has 0 aliphatic carbocycles. The van der Waals surface area contributed by atoms with E-state index in [0.717, 1.165) is 4.47 Å². The van der Waals surface area contributed by atoms with Crippen LogP contribution in [0.3, 0.4) is 0 Å². The Kier molecular flexibility index (Phi) is 3.99. The Morgan fingerprint density at radius 1 is 1.33 bits per heavy atom. The molecule has 0 unspecified atom stereocenters. The van der Waals surface area contributed by atoms with Crippen molar-refractivity contribution in [2.75, 3.05) is 11.9 Å². The van der Waals surface area contributed by atoms with Crippen LogP contribution in [0.5, 0.6) is 0 Å². The van der Waals surface area contributed by atoms with E-state index in [1.165, 1.54) is 4.90 Å². The zero-order chi connectivity index (χ0) is 13.1. The minimum atomic E-state index is -0.194. The second-order valence-corrected chi connectivity index (χ2v) is 5.00. The van der Waals surface area contributed by atoms with Crippen LogP contribution in [-0.2, 0) is 0 Å². The van der Waals surface area contributed by atoms with E-state index in [2.05, 4.69) is 20.9 Å². The third-order valence-electron chi connectivity index (χ3n) is 2.46. The third-order valence-corrected chi connectivity index (χ3v) is 3.28. The average Bonchev–Trinajstić information content (AvgIpc) is 2.41. The van der Waals surface area contributed by atoms with Gasteiger partial charge in [0.1, 0.15) is 5.82 Å². The maximum Gasteiger partial charge on any atom is 0.260 e. The highest BCUT2D eigenvalue weighted by Gasteiger charge is 2.17. The van der Waals surface area contributed by atoms with E-state index in [0.29, 0.717) is 16.4 Å². The molecule has 1 amide bonds. The van der Waals surface area contributed by atoms with Gasteiger partial charge in [-0.1, -0.05) is 33.6 Å². The Bertz CT molecular complexity index is 574. The van der Waals surface area contributed by atoms with E-state index in [1.54, 1.807) is 43.6 Å². The molecule has 0 spiro atoms. The first-order chi connectivity index (χ1) is 8.59. The van der Waals surface area contributed by atoms with Crippen molar-refractivity contribution in [3.05, 3.63) is 57.7 Å². The molecule has 0 saturated carbocycles. The van der Waals surface area contributed by atoms with Crippen molar-refractivity contribution < 1.29 is 4.79 Å². The Morgan fingerprint density at radius 3 is 2.78 bits per heavy atom. The Hall–Kier alpha value is -1.39. The van der Waals surface area contributed by atoms with Crippen LogP contribution >= 0.6 is 27.5 Å². The maximum absolute atomic E-state index is 12.3. The molecule has 0 atom stereocenters. The summed E-state index contributed by atoms with van der Waals surface area (Å²) < 4.78 is 0.810. The van der Waals surface area contributed by atoms with Gasteiger partial charge in [0, 0.05) is 17.7 Å². The number of carbonyl (C=O) groups is 1. The molecule has 3 nitrogen and oxygen atoms in total. The summed E-state index contributed by atoms with van der Waals surface area (Å²) in [5.41, 5.74) is 0.444. The largest absolute Gasteiger partial charge is 0.296 e. The van der Waals surface area contributed by atoms with E-state index >= 15 is 0 Å². The fourth-order valence-electron chi connectivity index (χ4n) is 1.50. The molecule has 0 fully saturated rings. The molecule has 1 aromatic carbocycles. The van der Waals surface area contributed by atoms with Gasteiger partial charge in [-0.15, -0.1) is 0 Å². The molecule has 5 heteroatoms. The fourth-order valence-corrected chi connectivity index (χ4v) is 2.06. The highest BCUT2D eigenvalue weighted by atomic mass is 79.9. The van der Waals surface area contributed by atoms with Gasteiger partial charge >= 0.3 is 0 Å². The minimum Gasteiger partial charge on any atom is -0.296 e. The van der Waals surface area contributed by atoms with Crippen LogP contribution in [0, 0.1) is 0 Å². The van der Waals surface area contributed by atoms with Crippen molar-refractivity contribution in [2.45, 2.75) is 0 Å². The van der Waals surface area contributed by atoms with Crippen LogP contribution in [0.2, 0.25) is 5.02 Å². The minimum absolute atomic E-state index is 0.194. The van der Waals surface area contributed by atoms with Gasteiger partial charge in [-0.3, -0.25) is 9.69 Å². The van der Waals surface area contributed by atoms with Crippen molar-refractivity contribution >= 4 is 39.3 Å². The summed E-state index contributed by atoms with van der Waals surface area (Å²) in [4.78, 5) is 17.9. The predicted molar refractivity (Wildman–Crippen MR) is 76.1 cm³/mol. The van der Waals surface area contributed by atoms with Gasteiger partial charge in [0.15, 0.2) is 0 Å². The molecule has 18 heavy (non-hydrogen) atoms. The van der Waals surface area contributed by atoms with Crippen LogP contribution in [0.15, 0.2) is 47.1 Å². The lowest BCUT2D eigenvalue weighted by atomic mass is 10.2. The molecule has 0 N–H and O–H groups in total. The normalized spacial score (nSPS) is 10.2. The fraction of sp³-hybridized carbons (Fsp3) is 0.0769. The number of anilines is 1. The van der Waals surface area contributed by atoms with E-state index < -0.39 is 0 Å². The number of rotatable bonds is 2. The lowest BCUT2D eigenvalue weighted by Crippen LogP contribution is -2.27. The zero-order valence-corrected chi connectivity index (χ0v) is 11.9. The van der Waals surface area contributed by atoms with Crippen LogP contribution in [-0.4, -0.2) is 17.9 Å². The summed E-state index contributed by atoms with van der Waals surface area (Å²) in [5.74, 6) is 0.388. The summed E-state index contributed by atoms with van der Waals surface area (Å²) in [5, 5.41) is 0.422. The number of halogens is 2. The lowest BCUT2D eigenvalue weighted by molar-refractivity contribution is 0.0992. The highest BCUT2D eigenvalue weighted by molar-refractivity contribution is 9.10. The van der Waals surface area contributed by atoms with Crippen LogP contribution in [0.1, 0.15) is 10.4 Å². The quantitative estimate of drug-likeness (QED) is 0.842. The topological polar surface area (TPSA) is 33.2 Å². The van der Waals surface area contributed by atoms with Gasteiger partial charge in [-0.05, 0) is 30.3 Å². The second kappa shape index (κ2) is 5.50. The number of nitrogens with zero attached hydrogens (tertiary/aromatic N) is 2. The van der Waals surface area contributed by atoms with E-state index in [-0.39, 0.29) is 5.91 Å². The van der Waals surface area contributed by atoms with Crippen molar-refractivity contribution in [3.8, 4) is 0 Å². The standard InChI is InChI=1S/C13H10BrClN2O/c1-17(12-4-2-3-7-16-12)13(18)10-8-9(14)5-6-11(10)15/h2-8H,1H3. The van der Waals surface area contributed by atoms with Gasteiger partial charge in [0.25, 0.3) is 5.91 Å². The summed E-state index contributed by atoms with van der Waals surface area (Å²) in [6.07, 6.45) is 1.64. The number of pyridine rings is 1. The van der Waals surface area contributed by atoms with Crippen molar-refractivity contribution in [1.29, 1.82) is 0 Å². The first-order valence-corrected chi connectivity index (χ1v) is 6.41. The van der Waals surface area contributed by atoms with Crippen molar-refractivity contribution in [3.63, 3.8) is 0 Å². The molecule has 0 bridgehead atoms. The van der Waals surface area contributed by atoms with E-state index in [4.69, 9.17) is 11.6 Å². The molecule has 0 aliphatic rings. The predicted octanol–water partition coefficient (Wildman–Crippen LogP) is 3.77. The Morgan fingerprint density at radius 2 is 2.11 bits per heavy atom. The van der Waals surface area contributed by atoms with E-state index in [1.807, 2.05) is 6.07 Å². The summed E-state index contributed by atoms with van der Waals surface area (Å²) in [6.45, 7) is 0. The monoisotopic (exact) mass is 324 g/mol. The van der Waals surface area contributed by atoms with Gasteiger partial charge in [0.05, 0.1) is 10.6 Å². The molecule has 1 heterocycles. The van der Waals surface area contributed by atoms with Gasteiger partial charge in [0.2, 0.25) is 0 Å². The number of aromatic nitrogens is 1. The smallest absolute Gasteiger partial charge is 0.260 e. The first-order valence-electron chi connectivity index (χ1n) is 5.24. The van der Waals surface area contributed by atoms with Crippen molar-refractivity contribution in [1.82, 2.24) is 4.98 Å². The Labute approximate surface area is 119 Å². The molecule has 0 radical (unpaired) electrons. The molecular formula is C13H10BrClN2O. The third kappa shape index (κ3) is 2.71. The van der Waals surface area contributed by atoms with Crippen LogP contribution in [0.4, 0.5) is 5.82 Å². The molecule has 1 aromatic heterocycles. The van der Waals surface area contributed by atoms with Gasteiger partial charge in [-0.2, -0.15) is 0 Å². The van der Waals surface area contributed by atoms with Crippen LogP contribution in [0.25, 0.3) is 0 Å². The maximum atomic E-state index is 12.3. The highest BCUT2D eigenvalue weighted by Crippen LogP contribution is 2.23. The Balaban J connectivity index is 2.34. The molecule has 92 valence electrons. The molecule has 2 aromatic rings. The number of carbonyl (C=O) groups excluding carboxylic acids is 1. The van der Waals surface area contributed by atoms with Crippen molar-refractivity contribution in [2.24, 2.45) is 0 Å². The number of amides is 1. The molecular weight excluding hydrogens is 316 g/mol. The summed E-state index contributed by atoms with van der Waals surface area (Å²) >= 11 is 9.36. The SMILES string of the molecule is CN(C(=O)c1cc(Br)ccc1Cl)c1ccccn1. The summed E-state index contributed by atoms with van der Waals surface area (Å²) in [6, 6.07) is 10.6. The first kappa shape index (κ1) is 13.1.